The van der Waals surface area contributed by atoms with Crippen molar-refractivity contribution in [2.45, 2.75) is 65.7 Å². The van der Waals surface area contributed by atoms with E-state index < -0.39 is 0 Å². The van der Waals surface area contributed by atoms with Gasteiger partial charge in [-0.3, -0.25) is 0 Å². The van der Waals surface area contributed by atoms with Crippen LogP contribution >= 0.6 is 0 Å². The minimum atomic E-state index is 0.363. The number of hydrogen-bond donors (Lipinski definition) is 1. The summed E-state index contributed by atoms with van der Waals surface area (Å²) in [6.07, 6.45) is 17.2. The summed E-state index contributed by atoms with van der Waals surface area (Å²) >= 11 is 0. The van der Waals surface area contributed by atoms with Crippen LogP contribution in [0.15, 0.2) is 23.8 Å². The van der Waals surface area contributed by atoms with Crippen LogP contribution < -0.4 is 0 Å². The van der Waals surface area contributed by atoms with Crippen molar-refractivity contribution in [2.24, 2.45) is 40.4 Å². The summed E-state index contributed by atoms with van der Waals surface area (Å²) in [5.41, 5.74) is 2.55. The summed E-state index contributed by atoms with van der Waals surface area (Å²) in [6, 6.07) is 0. The summed E-state index contributed by atoms with van der Waals surface area (Å²) in [4.78, 5) is 0. The van der Waals surface area contributed by atoms with Gasteiger partial charge in [0.2, 0.25) is 0 Å². The number of fused-ring (bicyclic) bond motifs is 5. The normalized spacial score (nSPS) is 49.8. The molecule has 1 unspecified atom stereocenters. The highest BCUT2D eigenvalue weighted by molar-refractivity contribution is 5.35. The molecule has 0 bridgehead atoms. The molecule has 0 radical (unpaired) electrons. The lowest BCUT2D eigenvalue weighted by Gasteiger charge is -2.56. The Morgan fingerprint density at radius 2 is 2.00 bits per heavy atom. The Hall–Kier alpha value is -0.560. The Balaban J connectivity index is 1.67. The van der Waals surface area contributed by atoms with Gasteiger partial charge in [-0.25, -0.2) is 0 Å². The van der Waals surface area contributed by atoms with Gasteiger partial charge in [-0.15, -0.1) is 0 Å². The van der Waals surface area contributed by atoms with Crippen LogP contribution in [0.25, 0.3) is 0 Å². The van der Waals surface area contributed by atoms with E-state index >= 15 is 0 Å². The fourth-order valence-corrected chi connectivity index (χ4v) is 7.29. The number of aliphatic hydroxyl groups excluding tert-OH is 1. The van der Waals surface area contributed by atoms with Gasteiger partial charge in [-0.2, -0.15) is 0 Å². The first kappa shape index (κ1) is 15.9. The predicted octanol–water partition coefficient (Wildman–Crippen LogP) is 5.36. The largest absolute Gasteiger partial charge is 0.396 e. The van der Waals surface area contributed by atoms with Crippen molar-refractivity contribution in [3.63, 3.8) is 0 Å². The quantitative estimate of drug-likeness (QED) is 0.727. The van der Waals surface area contributed by atoms with Crippen molar-refractivity contribution in [2.75, 3.05) is 6.61 Å². The second-order valence-electron chi connectivity index (χ2n) is 9.51. The molecular formula is C22H34O. The molecular weight excluding hydrogens is 280 g/mol. The highest BCUT2D eigenvalue weighted by atomic mass is 16.3. The standard InChI is InChI=1S/C22H34O/c1-15(14-23)18-9-10-19-17-8-7-16-6-4-5-12-21(16,2)20(17)11-13-22(18,19)3/h6-8,15,17-20,23H,4-5,9-14H2,1-3H3/t15?,17-,18+,19-,20-,21-,22+/m0/s1. The van der Waals surface area contributed by atoms with E-state index in [4.69, 9.17) is 0 Å². The van der Waals surface area contributed by atoms with Crippen LogP contribution in [0.1, 0.15) is 65.7 Å². The lowest BCUT2D eigenvalue weighted by molar-refractivity contribution is -0.0308. The Morgan fingerprint density at radius 1 is 1.17 bits per heavy atom. The molecule has 1 N–H and O–H groups in total. The molecule has 1 nitrogen and oxygen atoms in total. The molecule has 0 saturated heterocycles. The number of hydrogen-bond acceptors (Lipinski definition) is 1. The molecule has 2 saturated carbocycles. The topological polar surface area (TPSA) is 20.2 Å². The Kier molecular flexibility index (Phi) is 3.80. The van der Waals surface area contributed by atoms with Gasteiger partial charge in [-0.1, -0.05) is 39.0 Å². The lowest BCUT2D eigenvalue weighted by atomic mass is 9.48. The minimum absolute atomic E-state index is 0.363. The van der Waals surface area contributed by atoms with Gasteiger partial charge in [-0.05, 0) is 90.9 Å². The maximum Gasteiger partial charge on any atom is 0.0459 e. The van der Waals surface area contributed by atoms with Gasteiger partial charge in [0, 0.05) is 6.61 Å². The van der Waals surface area contributed by atoms with E-state index in [1.165, 1.54) is 44.9 Å². The maximum atomic E-state index is 9.71. The molecule has 0 aliphatic heterocycles. The van der Waals surface area contributed by atoms with E-state index in [0.717, 1.165) is 23.7 Å². The number of aliphatic hydroxyl groups is 1. The molecule has 0 heterocycles. The van der Waals surface area contributed by atoms with Crippen LogP contribution in [0.3, 0.4) is 0 Å². The summed E-state index contributed by atoms with van der Waals surface area (Å²) in [5.74, 6) is 3.68. The van der Waals surface area contributed by atoms with Crippen LogP contribution in [0.4, 0.5) is 0 Å². The van der Waals surface area contributed by atoms with Crippen LogP contribution in [-0.4, -0.2) is 11.7 Å². The first-order valence-electron chi connectivity index (χ1n) is 10.0. The van der Waals surface area contributed by atoms with E-state index in [1.807, 2.05) is 0 Å². The van der Waals surface area contributed by atoms with Crippen molar-refractivity contribution in [1.29, 1.82) is 0 Å². The van der Waals surface area contributed by atoms with E-state index in [2.05, 4.69) is 39.0 Å². The van der Waals surface area contributed by atoms with Crippen molar-refractivity contribution in [3.8, 4) is 0 Å². The zero-order valence-electron chi connectivity index (χ0n) is 15.2. The molecule has 4 aliphatic carbocycles. The van der Waals surface area contributed by atoms with E-state index in [9.17, 15) is 5.11 Å². The Morgan fingerprint density at radius 3 is 2.78 bits per heavy atom. The monoisotopic (exact) mass is 314 g/mol. The van der Waals surface area contributed by atoms with Gasteiger partial charge >= 0.3 is 0 Å². The molecule has 0 amide bonds. The highest BCUT2D eigenvalue weighted by Crippen LogP contribution is 2.66. The van der Waals surface area contributed by atoms with Crippen molar-refractivity contribution < 1.29 is 5.11 Å². The molecule has 4 aliphatic rings. The van der Waals surface area contributed by atoms with Crippen molar-refractivity contribution >= 4 is 0 Å². The molecule has 7 atom stereocenters. The molecule has 4 rings (SSSR count). The zero-order chi connectivity index (χ0) is 16.2. The first-order valence-corrected chi connectivity index (χ1v) is 10.0. The van der Waals surface area contributed by atoms with Crippen molar-refractivity contribution in [3.05, 3.63) is 23.8 Å². The van der Waals surface area contributed by atoms with Crippen LogP contribution in [0.2, 0.25) is 0 Å². The van der Waals surface area contributed by atoms with Crippen LogP contribution in [0.5, 0.6) is 0 Å². The second kappa shape index (κ2) is 5.48. The smallest absolute Gasteiger partial charge is 0.0459 e. The predicted molar refractivity (Wildman–Crippen MR) is 96.0 cm³/mol. The van der Waals surface area contributed by atoms with Gasteiger partial charge < -0.3 is 5.11 Å². The van der Waals surface area contributed by atoms with Gasteiger partial charge in [0.1, 0.15) is 0 Å². The lowest BCUT2D eigenvalue weighted by Crippen LogP contribution is -2.49. The fourth-order valence-electron chi connectivity index (χ4n) is 7.29. The fraction of sp³-hybridized carbons (Fsp3) is 0.818. The number of rotatable bonds is 2. The van der Waals surface area contributed by atoms with E-state index in [1.54, 1.807) is 5.57 Å². The summed E-state index contributed by atoms with van der Waals surface area (Å²) < 4.78 is 0. The zero-order valence-corrected chi connectivity index (χ0v) is 15.2. The third-order valence-corrected chi connectivity index (χ3v) is 8.62. The average molecular weight is 315 g/mol. The molecule has 0 spiro atoms. The summed E-state index contributed by atoms with van der Waals surface area (Å²) in [6.45, 7) is 7.75. The van der Waals surface area contributed by atoms with E-state index in [0.29, 0.717) is 23.4 Å². The van der Waals surface area contributed by atoms with Crippen LogP contribution in [0, 0.1) is 40.4 Å². The average Bonchev–Trinajstić information content (AvgIpc) is 2.91. The van der Waals surface area contributed by atoms with Crippen LogP contribution in [-0.2, 0) is 0 Å². The minimum Gasteiger partial charge on any atom is -0.396 e. The SMILES string of the molecule is CC(CO)[C@H]1CC[C@H]2[C@@H]3C=CC4=CCCC[C@]4(C)[C@H]3CC[C@]12C. The molecule has 128 valence electrons. The molecule has 23 heavy (non-hydrogen) atoms. The maximum absolute atomic E-state index is 9.71. The molecule has 0 aromatic carbocycles. The molecule has 1 heteroatoms. The Labute approximate surface area is 142 Å². The first-order chi connectivity index (χ1) is 11.0. The summed E-state index contributed by atoms with van der Waals surface area (Å²) in [7, 11) is 0. The van der Waals surface area contributed by atoms with Gasteiger partial charge in [0.15, 0.2) is 0 Å². The van der Waals surface area contributed by atoms with Gasteiger partial charge in [0.05, 0.1) is 0 Å². The summed E-state index contributed by atoms with van der Waals surface area (Å²) in [5, 5.41) is 9.71. The van der Waals surface area contributed by atoms with Crippen molar-refractivity contribution in [1.82, 2.24) is 0 Å². The third-order valence-electron chi connectivity index (χ3n) is 8.62. The molecule has 0 aromatic heterocycles. The second-order valence-corrected chi connectivity index (χ2v) is 9.51. The molecule has 0 aromatic rings. The third kappa shape index (κ3) is 2.15. The Bertz CT molecular complexity index is 532. The number of allylic oxidation sites excluding steroid dienone is 4. The highest BCUT2D eigenvalue weighted by Gasteiger charge is 2.58. The van der Waals surface area contributed by atoms with Gasteiger partial charge in [0.25, 0.3) is 0 Å². The van der Waals surface area contributed by atoms with E-state index in [-0.39, 0.29) is 0 Å². The molecule has 2 fully saturated rings.